The molecule has 1 fully saturated rings. The first-order valence-corrected chi connectivity index (χ1v) is 13.2. The van der Waals surface area contributed by atoms with Gasteiger partial charge in [0.2, 0.25) is 15.9 Å². The number of hydrogen-bond acceptors (Lipinski definition) is 5. The van der Waals surface area contributed by atoms with Crippen LogP contribution in [0.4, 0.5) is 0 Å². The molecule has 1 saturated heterocycles. The molecule has 0 saturated carbocycles. The summed E-state index contributed by atoms with van der Waals surface area (Å²) in [5.74, 6) is 1.21. The number of unbranched alkanes of at least 4 members (excludes halogenated alkanes) is 2. The Morgan fingerprint density at radius 3 is 2.67 bits per heavy atom. The van der Waals surface area contributed by atoms with Crippen LogP contribution in [0.15, 0.2) is 47.4 Å². The van der Waals surface area contributed by atoms with Crippen molar-refractivity contribution in [3.05, 3.63) is 53.6 Å². The van der Waals surface area contributed by atoms with Crippen LogP contribution in [-0.2, 0) is 14.8 Å². The average molecular weight is 473 g/mol. The molecule has 7 nitrogen and oxygen atoms in total. The number of sulfonamides is 1. The minimum Gasteiger partial charge on any atom is -0.486 e. The fourth-order valence-corrected chi connectivity index (χ4v) is 5.64. The molecule has 0 bridgehead atoms. The molecule has 178 valence electrons. The van der Waals surface area contributed by atoms with Crippen LogP contribution in [0.2, 0.25) is 0 Å². The predicted octanol–water partition coefficient (Wildman–Crippen LogP) is 3.97. The lowest BCUT2D eigenvalue weighted by molar-refractivity contribution is -0.132. The van der Waals surface area contributed by atoms with Crippen LogP contribution in [0.1, 0.15) is 55.7 Å². The first-order chi connectivity index (χ1) is 16.0. The molecule has 33 heavy (non-hydrogen) atoms. The van der Waals surface area contributed by atoms with E-state index in [9.17, 15) is 13.2 Å². The monoisotopic (exact) mass is 472 g/mol. The minimum atomic E-state index is -3.61. The zero-order chi connectivity index (χ0) is 23.3. The highest BCUT2D eigenvalue weighted by Gasteiger charge is 2.30. The molecular weight excluding hydrogens is 440 g/mol. The summed E-state index contributed by atoms with van der Waals surface area (Å²) in [5, 5.41) is 0. The van der Waals surface area contributed by atoms with Crippen LogP contribution in [0.3, 0.4) is 0 Å². The summed E-state index contributed by atoms with van der Waals surface area (Å²) >= 11 is 0. The predicted molar refractivity (Wildman–Crippen MR) is 126 cm³/mol. The minimum absolute atomic E-state index is 0.165. The quantitative estimate of drug-likeness (QED) is 0.558. The molecule has 1 N–H and O–H groups in total. The zero-order valence-electron chi connectivity index (χ0n) is 19.1. The van der Waals surface area contributed by atoms with Gasteiger partial charge in [0.15, 0.2) is 11.5 Å². The average Bonchev–Trinajstić information content (AvgIpc) is 3.31. The van der Waals surface area contributed by atoms with Gasteiger partial charge < -0.3 is 14.4 Å². The van der Waals surface area contributed by atoms with E-state index in [0.29, 0.717) is 44.1 Å². The summed E-state index contributed by atoms with van der Waals surface area (Å²) in [6, 6.07) is 13.1. The van der Waals surface area contributed by atoms with Gasteiger partial charge in [0.25, 0.3) is 0 Å². The highest BCUT2D eigenvalue weighted by molar-refractivity contribution is 7.89. The third-order valence-corrected chi connectivity index (χ3v) is 7.76. The number of amides is 1. The van der Waals surface area contributed by atoms with Gasteiger partial charge in [0, 0.05) is 25.6 Å². The number of ether oxygens (including phenoxy) is 2. The van der Waals surface area contributed by atoms with Crippen molar-refractivity contribution in [1.82, 2.24) is 9.62 Å². The fourth-order valence-electron chi connectivity index (χ4n) is 4.55. The van der Waals surface area contributed by atoms with Crippen molar-refractivity contribution < 1.29 is 22.7 Å². The molecule has 1 amide bonds. The van der Waals surface area contributed by atoms with E-state index in [-0.39, 0.29) is 16.8 Å². The highest BCUT2D eigenvalue weighted by Crippen LogP contribution is 2.34. The fraction of sp³-hybridized carbons (Fsp3) is 0.480. The second kappa shape index (κ2) is 10.6. The number of fused-ring (bicyclic) bond motifs is 1. The summed E-state index contributed by atoms with van der Waals surface area (Å²) in [6.45, 7) is 4.12. The van der Waals surface area contributed by atoms with E-state index >= 15 is 0 Å². The smallest absolute Gasteiger partial charge is 0.240 e. The van der Waals surface area contributed by atoms with Crippen molar-refractivity contribution in [1.29, 1.82) is 0 Å². The van der Waals surface area contributed by atoms with Gasteiger partial charge in [-0.15, -0.1) is 0 Å². The molecule has 2 aliphatic heterocycles. The number of hydrogen-bond donors (Lipinski definition) is 1. The Bertz CT molecular complexity index is 1090. The lowest BCUT2D eigenvalue weighted by Gasteiger charge is -2.26. The third-order valence-electron chi connectivity index (χ3n) is 6.30. The SMILES string of the molecule is Cc1ccccc1C1CCCN1C(=O)CCCCCNS(=O)(=O)c1ccc2c(c1)OCCO2. The lowest BCUT2D eigenvalue weighted by atomic mass is 9.99. The Hall–Kier alpha value is -2.58. The van der Waals surface area contributed by atoms with Crippen molar-refractivity contribution in [2.75, 3.05) is 26.3 Å². The van der Waals surface area contributed by atoms with E-state index in [1.807, 2.05) is 17.0 Å². The highest BCUT2D eigenvalue weighted by atomic mass is 32.2. The van der Waals surface area contributed by atoms with E-state index < -0.39 is 10.0 Å². The van der Waals surface area contributed by atoms with Gasteiger partial charge in [0.1, 0.15) is 13.2 Å². The number of nitrogens with one attached hydrogen (secondary N) is 1. The van der Waals surface area contributed by atoms with Crippen LogP contribution in [0.5, 0.6) is 11.5 Å². The lowest BCUT2D eigenvalue weighted by Crippen LogP contribution is -2.30. The van der Waals surface area contributed by atoms with E-state index in [4.69, 9.17) is 9.47 Å². The number of likely N-dealkylation sites (tertiary alicyclic amines) is 1. The second-order valence-electron chi connectivity index (χ2n) is 8.62. The normalized spacial score (nSPS) is 17.8. The third kappa shape index (κ3) is 5.68. The van der Waals surface area contributed by atoms with E-state index in [1.165, 1.54) is 23.3 Å². The number of carbonyl (C=O) groups excluding carboxylic acids is 1. The maximum Gasteiger partial charge on any atom is 0.240 e. The Morgan fingerprint density at radius 1 is 1.06 bits per heavy atom. The van der Waals surface area contributed by atoms with Crippen molar-refractivity contribution in [2.24, 2.45) is 0 Å². The topological polar surface area (TPSA) is 84.9 Å². The first-order valence-electron chi connectivity index (χ1n) is 11.7. The van der Waals surface area contributed by atoms with Crippen LogP contribution in [0.25, 0.3) is 0 Å². The van der Waals surface area contributed by atoms with Gasteiger partial charge in [-0.3, -0.25) is 4.79 Å². The largest absolute Gasteiger partial charge is 0.486 e. The van der Waals surface area contributed by atoms with Crippen LogP contribution in [0, 0.1) is 6.92 Å². The maximum atomic E-state index is 12.8. The summed E-state index contributed by atoms with van der Waals surface area (Å²) in [4.78, 5) is 15.0. The van der Waals surface area contributed by atoms with E-state index in [1.54, 1.807) is 6.07 Å². The zero-order valence-corrected chi connectivity index (χ0v) is 19.9. The summed E-state index contributed by atoms with van der Waals surface area (Å²) in [6.07, 6.45) is 4.76. The van der Waals surface area contributed by atoms with Gasteiger partial charge in [-0.1, -0.05) is 30.7 Å². The molecule has 4 rings (SSSR count). The standard InChI is InChI=1S/C25H32N2O5S/c1-19-8-4-5-9-21(19)22-10-7-15-27(22)25(28)11-3-2-6-14-26-33(29,30)20-12-13-23-24(18-20)32-17-16-31-23/h4-5,8-9,12-13,18,22,26H,2-3,6-7,10-11,14-17H2,1H3. The molecule has 2 heterocycles. The summed E-state index contributed by atoms with van der Waals surface area (Å²) < 4.78 is 38.7. The van der Waals surface area contributed by atoms with Crippen molar-refractivity contribution in [3.8, 4) is 11.5 Å². The van der Waals surface area contributed by atoms with Gasteiger partial charge in [-0.2, -0.15) is 0 Å². The van der Waals surface area contributed by atoms with Gasteiger partial charge in [-0.25, -0.2) is 13.1 Å². The van der Waals surface area contributed by atoms with Gasteiger partial charge in [0.05, 0.1) is 10.9 Å². The maximum absolute atomic E-state index is 12.8. The Balaban J connectivity index is 1.20. The van der Waals surface area contributed by atoms with E-state index in [0.717, 1.165) is 32.2 Å². The molecule has 2 aliphatic rings. The Labute approximate surface area is 196 Å². The van der Waals surface area contributed by atoms with E-state index in [2.05, 4.69) is 23.8 Å². The molecule has 2 aromatic rings. The van der Waals surface area contributed by atoms with Crippen molar-refractivity contribution in [2.45, 2.75) is 56.4 Å². The number of rotatable bonds is 9. The molecule has 0 aliphatic carbocycles. The molecule has 1 unspecified atom stereocenters. The van der Waals surface area contributed by atoms with Crippen LogP contribution < -0.4 is 14.2 Å². The van der Waals surface area contributed by atoms with Crippen LogP contribution in [-0.4, -0.2) is 45.5 Å². The van der Waals surface area contributed by atoms with Crippen LogP contribution >= 0.6 is 0 Å². The number of carbonyl (C=O) groups is 1. The molecule has 0 spiro atoms. The molecule has 0 radical (unpaired) electrons. The van der Waals surface area contributed by atoms with Gasteiger partial charge >= 0.3 is 0 Å². The van der Waals surface area contributed by atoms with Crippen molar-refractivity contribution >= 4 is 15.9 Å². The Morgan fingerprint density at radius 2 is 1.85 bits per heavy atom. The number of benzene rings is 2. The first kappa shape index (κ1) is 23.6. The Kier molecular flexibility index (Phi) is 7.55. The number of nitrogens with zero attached hydrogens (tertiary/aromatic N) is 1. The number of aryl methyl sites for hydroxylation is 1. The molecule has 0 aromatic heterocycles. The molecule has 2 aromatic carbocycles. The van der Waals surface area contributed by atoms with Gasteiger partial charge in [-0.05, 0) is 55.9 Å². The second-order valence-corrected chi connectivity index (χ2v) is 10.4. The van der Waals surface area contributed by atoms with Crippen molar-refractivity contribution in [3.63, 3.8) is 0 Å². The molecule has 8 heteroatoms. The molecule has 1 atom stereocenters. The molecular formula is C25H32N2O5S. The summed E-state index contributed by atoms with van der Waals surface area (Å²) in [5.41, 5.74) is 2.48. The summed E-state index contributed by atoms with van der Waals surface area (Å²) in [7, 11) is -3.61.